The quantitative estimate of drug-likeness (QED) is 0.774. The Morgan fingerprint density at radius 3 is 2.78 bits per heavy atom. The summed E-state index contributed by atoms with van der Waals surface area (Å²) < 4.78 is 0. The molecule has 0 saturated carbocycles. The van der Waals surface area contributed by atoms with Crippen LogP contribution in [0.4, 0.5) is 11.5 Å². The van der Waals surface area contributed by atoms with Crippen LogP contribution in [0.5, 0.6) is 0 Å². The molecule has 1 heterocycles. The minimum atomic E-state index is 0.126. The Morgan fingerprint density at radius 1 is 1.33 bits per heavy atom. The maximum absolute atomic E-state index is 11.4. The number of carbonyl (C=O) groups excluding carboxylic acids is 1. The Labute approximate surface area is 109 Å². The summed E-state index contributed by atoms with van der Waals surface area (Å²) in [6.45, 7) is 3.66. The fourth-order valence-corrected chi connectivity index (χ4v) is 1.43. The Hall–Kier alpha value is -1.78. The molecule has 0 aliphatic carbocycles. The molecule has 0 radical (unpaired) electrons. The van der Waals surface area contributed by atoms with Gasteiger partial charge in [-0.1, -0.05) is 6.92 Å². The van der Waals surface area contributed by atoms with Gasteiger partial charge >= 0.3 is 0 Å². The summed E-state index contributed by atoms with van der Waals surface area (Å²) in [4.78, 5) is 17.2. The van der Waals surface area contributed by atoms with Crippen molar-refractivity contribution in [2.75, 3.05) is 37.8 Å². The highest BCUT2D eigenvalue weighted by Gasteiger charge is 2.03. The van der Waals surface area contributed by atoms with E-state index in [0.29, 0.717) is 13.0 Å². The van der Waals surface area contributed by atoms with E-state index in [1.165, 1.54) is 0 Å². The van der Waals surface area contributed by atoms with E-state index in [-0.39, 0.29) is 5.91 Å². The number of anilines is 2. The van der Waals surface area contributed by atoms with Gasteiger partial charge in [0.2, 0.25) is 5.91 Å². The highest BCUT2D eigenvalue weighted by Crippen LogP contribution is 2.11. The van der Waals surface area contributed by atoms with Gasteiger partial charge in [0.15, 0.2) is 0 Å². The van der Waals surface area contributed by atoms with Gasteiger partial charge in [0.25, 0.3) is 0 Å². The highest BCUT2D eigenvalue weighted by molar-refractivity contribution is 5.76. The zero-order valence-corrected chi connectivity index (χ0v) is 11.4. The lowest BCUT2D eigenvalue weighted by atomic mass is 10.3. The van der Waals surface area contributed by atoms with Gasteiger partial charge in [0, 0.05) is 51.6 Å². The van der Waals surface area contributed by atoms with Gasteiger partial charge in [-0.25, -0.2) is 4.98 Å². The highest BCUT2D eigenvalue weighted by atomic mass is 16.2. The molecule has 0 atom stereocenters. The molecule has 0 fully saturated rings. The average Bonchev–Trinajstić information content (AvgIpc) is 2.36. The first-order valence-corrected chi connectivity index (χ1v) is 6.27. The lowest BCUT2D eigenvalue weighted by molar-refractivity contribution is -0.128. The molecular formula is C13H22N4O. The Bertz CT molecular complexity index is 379. The number of rotatable bonds is 7. The second-order valence-electron chi connectivity index (χ2n) is 4.32. The van der Waals surface area contributed by atoms with Gasteiger partial charge in [0.05, 0.1) is 0 Å². The number of pyridine rings is 1. The first-order valence-electron chi connectivity index (χ1n) is 6.27. The zero-order chi connectivity index (χ0) is 13.4. The normalized spacial score (nSPS) is 9.94. The van der Waals surface area contributed by atoms with Gasteiger partial charge in [-0.3, -0.25) is 4.79 Å². The van der Waals surface area contributed by atoms with E-state index in [9.17, 15) is 4.79 Å². The van der Waals surface area contributed by atoms with Crippen molar-refractivity contribution in [1.82, 2.24) is 9.88 Å². The Balaban J connectivity index is 2.40. The number of hydrogen-bond donors (Lipinski definition) is 2. The number of aromatic nitrogens is 1. The molecule has 5 heteroatoms. The van der Waals surface area contributed by atoms with Gasteiger partial charge in [-0.2, -0.15) is 0 Å². The third kappa shape index (κ3) is 5.03. The molecule has 0 aliphatic rings. The van der Waals surface area contributed by atoms with Crippen LogP contribution >= 0.6 is 0 Å². The molecule has 0 aromatic carbocycles. The molecule has 0 spiro atoms. The molecule has 1 aromatic heterocycles. The summed E-state index contributed by atoms with van der Waals surface area (Å²) >= 11 is 0. The zero-order valence-electron chi connectivity index (χ0n) is 11.4. The Morgan fingerprint density at radius 2 is 2.11 bits per heavy atom. The molecule has 1 aromatic rings. The third-order valence-corrected chi connectivity index (χ3v) is 2.48. The van der Waals surface area contributed by atoms with Crippen molar-refractivity contribution >= 4 is 17.4 Å². The molecule has 0 saturated heterocycles. The molecule has 5 nitrogen and oxygen atoms in total. The van der Waals surface area contributed by atoms with Crippen LogP contribution in [0, 0.1) is 0 Å². The van der Waals surface area contributed by atoms with Crippen LogP contribution < -0.4 is 10.6 Å². The lowest BCUT2D eigenvalue weighted by Crippen LogP contribution is -2.23. The van der Waals surface area contributed by atoms with Crippen LogP contribution in [0.15, 0.2) is 18.3 Å². The van der Waals surface area contributed by atoms with E-state index < -0.39 is 0 Å². The molecule has 1 amide bonds. The molecule has 2 N–H and O–H groups in total. The smallest absolute Gasteiger partial charge is 0.223 e. The van der Waals surface area contributed by atoms with Crippen molar-refractivity contribution in [3.05, 3.63) is 18.3 Å². The SMILES string of the molecule is CCCNc1cc(NCCC(=O)N(C)C)ccn1. The van der Waals surface area contributed by atoms with Crippen LogP contribution in [0.3, 0.4) is 0 Å². The summed E-state index contributed by atoms with van der Waals surface area (Å²) in [7, 11) is 3.53. The number of nitrogens with zero attached hydrogens (tertiary/aromatic N) is 2. The molecular weight excluding hydrogens is 228 g/mol. The monoisotopic (exact) mass is 250 g/mol. The summed E-state index contributed by atoms with van der Waals surface area (Å²) in [5.41, 5.74) is 0.982. The number of hydrogen-bond acceptors (Lipinski definition) is 4. The second-order valence-corrected chi connectivity index (χ2v) is 4.32. The van der Waals surface area contributed by atoms with E-state index in [4.69, 9.17) is 0 Å². The van der Waals surface area contributed by atoms with Gasteiger partial charge in [-0.15, -0.1) is 0 Å². The standard InChI is InChI=1S/C13H22N4O/c1-4-7-15-12-10-11(5-8-16-12)14-9-6-13(18)17(2)3/h5,8,10H,4,6-7,9H2,1-3H3,(H2,14,15,16). The maximum atomic E-state index is 11.4. The molecule has 0 aliphatic heterocycles. The van der Waals surface area contributed by atoms with E-state index in [0.717, 1.165) is 24.5 Å². The summed E-state index contributed by atoms with van der Waals surface area (Å²) in [5, 5.41) is 6.45. The van der Waals surface area contributed by atoms with E-state index >= 15 is 0 Å². The van der Waals surface area contributed by atoms with Crippen LogP contribution in [0.25, 0.3) is 0 Å². The predicted octanol–water partition coefficient (Wildman–Crippen LogP) is 1.79. The van der Waals surface area contributed by atoms with Gasteiger partial charge in [-0.05, 0) is 12.5 Å². The van der Waals surface area contributed by atoms with Crippen molar-refractivity contribution in [2.45, 2.75) is 19.8 Å². The molecule has 0 bridgehead atoms. The largest absolute Gasteiger partial charge is 0.384 e. The average molecular weight is 250 g/mol. The van der Waals surface area contributed by atoms with Crippen molar-refractivity contribution in [2.24, 2.45) is 0 Å². The van der Waals surface area contributed by atoms with Gasteiger partial charge < -0.3 is 15.5 Å². The number of amides is 1. The van der Waals surface area contributed by atoms with Crippen molar-refractivity contribution in [1.29, 1.82) is 0 Å². The minimum Gasteiger partial charge on any atom is -0.384 e. The van der Waals surface area contributed by atoms with Crippen LogP contribution in [-0.4, -0.2) is 43.0 Å². The third-order valence-electron chi connectivity index (χ3n) is 2.48. The number of carbonyl (C=O) groups is 1. The first kappa shape index (κ1) is 14.3. The van der Waals surface area contributed by atoms with E-state index in [1.54, 1.807) is 25.2 Å². The fourth-order valence-electron chi connectivity index (χ4n) is 1.43. The second kappa shape index (κ2) is 7.53. The summed E-state index contributed by atoms with van der Waals surface area (Å²) in [5.74, 6) is 0.988. The van der Waals surface area contributed by atoms with Crippen LogP contribution in [-0.2, 0) is 4.79 Å². The molecule has 1 rings (SSSR count). The van der Waals surface area contributed by atoms with Crippen molar-refractivity contribution < 1.29 is 4.79 Å². The fraction of sp³-hybridized carbons (Fsp3) is 0.538. The van der Waals surface area contributed by atoms with E-state index in [1.807, 2.05) is 12.1 Å². The van der Waals surface area contributed by atoms with E-state index in [2.05, 4.69) is 22.5 Å². The lowest BCUT2D eigenvalue weighted by Gasteiger charge is -2.11. The predicted molar refractivity (Wildman–Crippen MR) is 74.8 cm³/mol. The molecule has 0 unspecified atom stereocenters. The summed E-state index contributed by atoms with van der Waals surface area (Å²) in [6.07, 6.45) is 3.32. The van der Waals surface area contributed by atoms with Gasteiger partial charge in [0.1, 0.15) is 5.82 Å². The maximum Gasteiger partial charge on any atom is 0.223 e. The molecule has 18 heavy (non-hydrogen) atoms. The minimum absolute atomic E-state index is 0.126. The van der Waals surface area contributed by atoms with Crippen LogP contribution in [0.1, 0.15) is 19.8 Å². The van der Waals surface area contributed by atoms with Crippen molar-refractivity contribution in [3.63, 3.8) is 0 Å². The Kier molecular flexibility index (Phi) is 5.97. The summed E-state index contributed by atoms with van der Waals surface area (Å²) in [6, 6.07) is 3.85. The van der Waals surface area contributed by atoms with Crippen molar-refractivity contribution in [3.8, 4) is 0 Å². The number of nitrogens with one attached hydrogen (secondary N) is 2. The van der Waals surface area contributed by atoms with Crippen LogP contribution in [0.2, 0.25) is 0 Å². The first-order chi connectivity index (χ1) is 8.63. The topological polar surface area (TPSA) is 57.3 Å². The molecule has 100 valence electrons.